The van der Waals surface area contributed by atoms with E-state index in [1.54, 1.807) is 11.8 Å². The number of nitrogens with zero attached hydrogens (tertiary/aromatic N) is 2. The first-order valence-electron chi connectivity index (χ1n) is 9.36. The Balaban J connectivity index is 1.40. The van der Waals surface area contributed by atoms with Crippen molar-refractivity contribution in [2.75, 3.05) is 13.2 Å². The summed E-state index contributed by atoms with van der Waals surface area (Å²) in [5.41, 5.74) is 1.98. The van der Waals surface area contributed by atoms with Crippen molar-refractivity contribution in [3.63, 3.8) is 0 Å². The first-order valence-corrected chi connectivity index (χ1v) is 10.4. The monoisotopic (exact) mass is 368 g/mol. The molecule has 2 atom stereocenters. The number of morpholine rings is 1. The Hall–Kier alpha value is -1.85. The van der Waals surface area contributed by atoms with Gasteiger partial charge in [-0.1, -0.05) is 31.0 Å². The molecular formula is C21H24N2O2S. The molecule has 1 saturated heterocycles. The zero-order chi connectivity index (χ0) is 17.8. The van der Waals surface area contributed by atoms with Gasteiger partial charge in [-0.2, -0.15) is 0 Å². The van der Waals surface area contributed by atoms with E-state index in [0.717, 1.165) is 29.2 Å². The highest BCUT2D eigenvalue weighted by molar-refractivity contribution is 7.98. The van der Waals surface area contributed by atoms with Gasteiger partial charge in [-0.05, 0) is 42.7 Å². The fraction of sp³-hybridized carbons (Fsp3) is 0.429. The van der Waals surface area contributed by atoms with Crippen molar-refractivity contribution in [1.82, 2.24) is 9.88 Å². The molecule has 1 aromatic heterocycles. The van der Waals surface area contributed by atoms with Crippen molar-refractivity contribution in [2.45, 2.75) is 48.6 Å². The molecule has 5 heteroatoms. The van der Waals surface area contributed by atoms with Crippen LogP contribution in [-0.2, 0) is 10.5 Å². The third-order valence-electron chi connectivity index (χ3n) is 5.22. The Bertz CT molecular complexity index is 733. The third-order valence-corrected chi connectivity index (χ3v) is 6.23. The number of hydrogen-bond donors (Lipinski definition) is 0. The summed E-state index contributed by atoms with van der Waals surface area (Å²) in [6, 6.07) is 14.2. The van der Waals surface area contributed by atoms with E-state index in [1.165, 1.54) is 18.4 Å². The molecule has 0 bridgehead atoms. The number of aromatic nitrogens is 1. The molecule has 2 aromatic rings. The Labute approximate surface area is 159 Å². The maximum atomic E-state index is 13.0. The first kappa shape index (κ1) is 17.6. The maximum absolute atomic E-state index is 13.0. The molecule has 1 amide bonds. The van der Waals surface area contributed by atoms with Crippen LogP contribution in [0.5, 0.6) is 0 Å². The molecule has 1 saturated carbocycles. The molecule has 1 aromatic carbocycles. The topological polar surface area (TPSA) is 42.4 Å². The van der Waals surface area contributed by atoms with Gasteiger partial charge in [-0.15, -0.1) is 11.8 Å². The number of fused-ring (bicyclic) bond motifs is 1. The van der Waals surface area contributed by atoms with E-state index < -0.39 is 0 Å². The number of amides is 1. The quantitative estimate of drug-likeness (QED) is 0.760. The lowest BCUT2D eigenvalue weighted by atomic mass is 9.89. The molecule has 0 spiro atoms. The van der Waals surface area contributed by atoms with E-state index in [-0.39, 0.29) is 18.1 Å². The summed E-state index contributed by atoms with van der Waals surface area (Å²) >= 11 is 1.71. The van der Waals surface area contributed by atoms with Crippen molar-refractivity contribution in [3.8, 4) is 0 Å². The number of carbonyl (C=O) groups is 1. The van der Waals surface area contributed by atoms with Crippen LogP contribution in [0.1, 0.15) is 41.6 Å². The maximum Gasteiger partial charge on any atom is 0.254 e. The lowest BCUT2D eigenvalue weighted by Gasteiger charge is -2.43. The van der Waals surface area contributed by atoms with Crippen molar-refractivity contribution in [1.29, 1.82) is 0 Å². The first-order chi connectivity index (χ1) is 12.8. The molecule has 0 radical (unpaired) electrons. The summed E-state index contributed by atoms with van der Waals surface area (Å²) < 4.78 is 5.89. The Morgan fingerprint density at radius 1 is 1.15 bits per heavy atom. The highest BCUT2D eigenvalue weighted by Gasteiger charge is 2.36. The molecular weight excluding hydrogens is 344 g/mol. The summed E-state index contributed by atoms with van der Waals surface area (Å²) in [5, 5.41) is 1.02. The zero-order valence-electron chi connectivity index (χ0n) is 14.8. The van der Waals surface area contributed by atoms with Crippen LogP contribution in [0.2, 0.25) is 0 Å². The van der Waals surface area contributed by atoms with Crippen LogP contribution in [0.3, 0.4) is 0 Å². The average Bonchev–Trinajstić information content (AvgIpc) is 2.72. The van der Waals surface area contributed by atoms with Crippen molar-refractivity contribution in [2.24, 2.45) is 0 Å². The number of rotatable bonds is 4. The van der Waals surface area contributed by atoms with E-state index in [2.05, 4.69) is 17.1 Å². The standard InChI is InChI=1S/C21H24N2O2S/c24-21(23-13-14-25-19-6-2-1-5-18(19)23)17-10-8-16(9-11-17)15-26-20-7-3-4-12-22-20/h3-4,7-12,18-19H,1-2,5-6,13-15H2/t18-,19-/m1/s1. The highest BCUT2D eigenvalue weighted by Crippen LogP contribution is 2.29. The van der Waals surface area contributed by atoms with Crippen LogP contribution in [0.4, 0.5) is 0 Å². The largest absolute Gasteiger partial charge is 0.374 e. The van der Waals surface area contributed by atoms with Gasteiger partial charge in [0.25, 0.3) is 5.91 Å². The van der Waals surface area contributed by atoms with Crippen molar-refractivity contribution >= 4 is 17.7 Å². The summed E-state index contributed by atoms with van der Waals surface area (Å²) in [4.78, 5) is 19.4. The molecule has 0 N–H and O–H groups in total. The second-order valence-electron chi connectivity index (χ2n) is 6.91. The second kappa shape index (κ2) is 8.23. The molecule has 2 heterocycles. The highest BCUT2D eigenvalue weighted by atomic mass is 32.2. The summed E-state index contributed by atoms with van der Waals surface area (Å²) in [6.45, 7) is 1.36. The van der Waals surface area contributed by atoms with Crippen LogP contribution in [0, 0.1) is 0 Å². The van der Waals surface area contributed by atoms with E-state index in [0.29, 0.717) is 13.2 Å². The molecule has 4 nitrogen and oxygen atoms in total. The molecule has 1 aliphatic heterocycles. The van der Waals surface area contributed by atoms with Gasteiger partial charge < -0.3 is 9.64 Å². The minimum absolute atomic E-state index is 0.147. The number of carbonyl (C=O) groups excluding carboxylic acids is 1. The predicted molar refractivity (Wildman–Crippen MR) is 103 cm³/mol. The van der Waals surface area contributed by atoms with Crippen molar-refractivity contribution in [3.05, 3.63) is 59.8 Å². The van der Waals surface area contributed by atoms with E-state index in [1.807, 2.05) is 41.4 Å². The number of pyridine rings is 1. The number of ether oxygens (including phenoxy) is 1. The Kier molecular flexibility index (Phi) is 5.56. The van der Waals surface area contributed by atoms with Gasteiger partial charge in [0.15, 0.2) is 0 Å². The van der Waals surface area contributed by atoms with Gasteiger partial charge in [0.2, 0.25) is 0 Å². The van der Waals surface area contributed by atoms with Gasteiger partial charge in [0.1, 0.15) is 0 Å². The molecule has 136 valence electrons. The smallest absolute Gasteiger partial charge is 0.254 e. The average molecular weight is 369 g/mol. The Morgan fingerprint density at radius 3 is 2.81 bits per heavy atom. The second-order valence-corrected chi connectivity index (χ2v) is 7.91. The fourth-order valence-corrected chi connectivity index (χ4v) is 4.66. The SMILES string of the molecule is O=C(c1ccc(CSc2ccccn2)cc1)N1CCO[C@@H]2CCCC[C@H]21. The third kappa shape index (κ3) is 3.94. The summed E-state index contributed by atoms with van der Waals surface area (Å²) in [6.07, 6.45) is 6.60. The molecule has 4 rings (SSSR count). The van der Waals surface area contributed by atoms with Gasteiger partial charge in [0, 0.05) is 24.1 Å². The van der Waals surface area contributed by atoms with Crippen molar-refractivity contribution < 1.29 is 9.53 Å². The summed E-state index contributed by atoms with van der Waals surface area (Å²) in [7, 11) is 0. The lowest BCUT2D eigenvalue weighted by Crippen LogP contribution is -2.54. The normalized spacial score (nSPS) is 22.7. The van der Waals surface area contributed by atoms with E-state index >= 15 is 0 Å². The zero-order valence-corrected chi connectivity index (χ0v) is 15.7. The van der Waals surface area contributed by atoms with E-state index in [4.69, 9.17) is 4.74 Å². The molecule has 0 unspecified atom stereocenters. The minimum Gasteiger partial charge on any atom is -0.374 e. The molecule has 2 aliphatic rings. The number of thioether (sulfide) groups is 1. The summed E-state index contributed by atoms with van der Waals surface area (Å²) in [5.74, 6) is 1.00. The van der Waals surface area contributed by atoms with Crippen LogP contribution in [-0.4, -0.2) is 41.1 Å². The van der Waals surface area contributed by atoms with Crippen LogP contribution >= 0.6 is 11.8 Å². The van der Waals surface area contributed by atoms with Gasteiger partial charge in [-0.3, -0.25) is 4.79 Å². The predicted octanol–water partition coefficient (Wildman–Crippen LogP) is 4.16. The minimum atomic E-state index is 0.147. The van der Waals surface area contributed by atoms with E-state index in [9.17, 15) is 4.79 Å². The Morgan fingerprint density at radius 2 is 2.00 bits per heavy atom. The molecule has 2 fully saturated rings. The van der Waals surface area contributed by atoms with Crippen LogP contribution in [0.15, 0.2) is 53.7 Å². The van der Waals surface area contributed by atoms with Crippen LogP contribution in [0.25, 0.3) is 0 Å². The fourth-order valence-electron chi connectivity index (χ4n) is 3.85. The van der Waals surface area contributed by atoms with Gasteiger partial charge in [-0.25, -0.2) is 4.98 Å². The molecule has 26 heavy (non-hydrogen) atoms. The van der Waals surface area contributed by atoms with Gasteiger partial charge in [0.05, 0.1) is 23.8 Å². The molecule has 1 aliphatic carbocycles. The van der Waals surface area contributed by atoms with Gasteiger partial charge >= 0.3 is 0 Å². The number of benzene rings is 1. The number of hydrogen-bond acceptors (Lipinski definition) is 4. The lowest BCUT2D eigenvalue weighted by molar-refractivity contribution is -0.0752. The van der Waals surface area contributed by atoms with Crippen LogP contribution < -0.4 is 0 Å².